The monoisotopic (exact) mass is 244 g/mol. The largest absolute Gasteiger partial charge is 0.497 e. The SMILES string of the molecule is COc1ccc([N+](=O)[O-])c(-c2ccccc2N)c1. The molecule has 0 fully saturated rings. The van der Waals surface area contributed by atoms with Crippen molar-refractivity contribution in [1.82, 2.24) is 0 Å². The van der Waals surface area contributed by atoms with Gasteiger partial charge in [0.25, 0.3) is 5.69 Å². The molecule has 0 radical (unpaired) electrons. The molecule has 0 aliphatic carbocycles. The molecule has 2 aromatic carbocycles. The molecule has 0 aromatic heterocycles. The number of rotatable bonds is 3. The number of hydrogen-bond acceptors (Lipinski definition) is 4. The van der Waals surface area contributed by atoms with Gasteiger partial charge in [-0.1, -0.05) is 18.2 Å². The third-order valence-corrected chi connectivity index (χ3v) is 2.65. The quantitative estimate of drug-likeness (QED) is 0.511. The topological polar surface area (TPSA) is 78.4 Å². The van der Waals surface area contributed by atoms with E-state index in [1.54, 1.807) is 36.4 Å². The third kappa shape index (κ3) is 2.10. The van der Waals surface area contributed by atoms with Gasteiger partial charge in [-0.15, -0.1) is 0 Å². The highest BCUT2D eigenvalue weighted by Crippen LogP contribution is 2.35. The molecule has 5 heteroatoms. The Labute approximate surface area is 104 Å². The van der Waals surface area contributed by atoms with Crippen molar-refractivity contribution in [2.45, 2.75) is 0 Å². The zero-order valence-corrected chi connectivity index (χ0v) is 9.79. The minimum atomic E-state index is -0.429. The third-order valence-electron chi connectivity index (χ3n) is 2.65. The molecular formula is C13H12N2O3. The maximum absolute atomic E-state index is 11.0. The van der Waals surface area contributed by atoms with E-state index in [9.17, 15) is 10.1 Å². The van der Waals surface area contributed by atoms with E-state index < -0.39 is 4.92 Å². The van der Waals surface area contributed by atoms with Crippen molar-refractivity contribution in [3.63, 3.8) is 0 Å². The summed E-state index contributed by atoms with van der Waals surface area (Å²) in [4.78, 5) is 10.6. The van der Waals surface area contributed by atoms with Gasteiger partial charge in [0.2, 0.25) is 0 Å². The highest BCUT2D eigenvalue weighted by Gasteiger charge is 2.17. The van der Waals surface area contributed by atoms with E-state index in [1.165, 1.54) is 13.2 Å². The van der Waals surface area contributed by atoms with Crippen molar-refractivity contribution in [2.24, 2.45) is 0 Å². The summed E-state index contributed by atoms with van der Waals surface area (Å²) < 4.78 is 5.09. The van der Waals surface area contributed by atoms with Gasteiger partial charge in [0.05, 0.1) is 17.6 Å². The van der Waals surface area contributed by atoms with E-state index in [4.69, 9.17) is 10.5 Å². The van der Waals surface area contributed by atoms with Crippen LogP contribution in [0, 0.1) is 10.1 Å². The first-order valence-corrected chi connectivity index (χ1v) is 5.31. The number of nitrogen functional groups attached to an aromatic ring is 1. The van der Waals surface area contributed by atoms with Crippen molar-refractivity contribution in [3.05, 3.63) is 52.6 Å². The van der Waals surface area contributed by atoms with E-state index in [0.717, 1.165) is 0 Å². The van der Waals surface area contributed by atoms with E-state index in [0.29, 0.717) is 22.6 Å². The Morgan fingerprint density at radius 3 is 2.50 bits per heavy atom. The van der Waals surface area contributed by atoms with E-state index in [-0.39, 0.29) is 5.69 Å². The lowest BCUT2D eigenvalue weighted by Gasteiger charge is -2.08. The number of hydrogen-bond donors (Lipinski definition) is 1. The number of nitro groups is 1. The number of ether oxygens (including phenoxy) is 1. The fraction of sp³-hybridized carbons (Fsp3) is 0.0769. The summed E-state index contributed by atoms with van der Waals surface area (Å²) in [5.74, 6) is 0.554. The van der Waals surface area contributed by atoms with Crippen molar-refractivity contribution < 1.29 is 9.66 Å². The van der Waals surface area contributed by atoms with Crippen molar-refractivity contribution in [3.8, 4) is 16.9 Å². The van der Waals surface area contributed by atoms with Gasteiger partial charge in [-0.2, -0.15) is 0 Å². The lowest BCUT2D eigenvalue weighted by atomic mass is 10.0. The number of nitro benzene ring substituents is 1. The fourth-order valence-electron chi connectivity index (χ4n) is 1.76. The van der Waals surface area contributed by atoms with Crippen molar-refractivity contribution in [1.29, 1.82) is 0 Å². The van der Waals surface area contributed by atoms with Crippen LogP contribution in [0.15, 0.2) is 42.5 Å². The number of nitrogens with zero attached hydrogens (tertiary/aromatic N) is 1. The predicted octanol–water partition coefficient (Wildman–Crippen LogP) is 2.85. The number of anilines is 1. The second-order valence-corrected chi connectivity index (χ2v) is 3.73. The first kappa shape index (κ1) is 11.9. The van der Waals surface area contributed by atoms with Crippen molar-refractivity contribution in [2.75, 3.05) is 12.8 Å². The molecule has 2 rings (SSSR count). The Morgan fingerprint density at radius 2 is 1.89 bits per heavy atom. The van der Waals surface area contributed by atoms with Crippen LogP contribution in [0.1, 0.15) is 0 Å². The number of benzene rings is 2. The molecule has 0 aliphatic rings. The highest BCUT2D eigenvalue weighted by atomic mass is 16.6. The summed E-state index contributed by atoms with van der Waals surface area (Å²) in [6.07, 6.45) is 0. The lowest BCUT2D eigenvalue weighted by Crippen LogP contribution is -1.96. The first-order chi connectivity index (χ1) is 8.63. The molecule has 2 aromatic rings. The summed E-state index contributed by atoms with van der Waals surface area (Å²) in [7, 11) is 1.51. The molecule has 0 saturated carbocycles. The second-order valence-electron chi connectivity index (χ2n) is 3.73. The minimum Gasteiger partial charge on any atom is -0.497 e. The van der Waals surface area contributed by atoms with Gasteiger partial charge >= 0.3 is 0 Å². The van der Waals surface area contributed by atoms with Crippen LogP contribution >= 0.6 is 0 Å². The van der Waals surface area contributed by atoms with Crippen molar-refractivity contribution >= 4 is 11.4 Å². The summed E-state index contributed by atoms with van der Waals surface area (Å²) >= 11 is 0. The Morgan fingerprint density at radius 1 is 1.17 bits per heavy atom. The molecule has 0 atom stereocenters. The normalized spacial score (nSPS) is 10.1. The number of methoxy groups -OCH3 is 1. The van der Waals surface area contributed by atoms with Crippen LogP contribution in [0.4, 0.5) is 11.4 Å². The molecule has 0 amide bonds. The summed E-state index contributed by atoms with van der Waals surface area (Å²) in [6.45, 7) is 0. The van der Waals surface area contributed by atoms with E-state index in [2.05, 4.69) is 0 Å². The average molecular weight is 244 g/mol. The zero-order valence-electron chi connectivity index (χ0n) is 9.79. The molecule has 0 aliphatic heterocycles. The van der Waals surface area contributed by atoms with Crippen LogP contribution in [0.3, 0.4) is 0 Å². The van der Waals surface area contributed by atoms with Gasteiger partial charge in [-0.05, 0) is 18.2 Å². The molecule has 0 spiro atoms. The highest BCUT2D eigenvalue weighted by molar-refractivity contribution is 5.83. The van der Waals surface area contributed by atoms with Gasteiger partial charge in [0.15, 0.2) is 0 Å². The van der Waals surface area contributed by atoms with Gasteiger partial charge in [-0.25, -0.2) is 0 Å². The van der Waals surface area contributed by atoms with Crippen LogP contribution in [0.25, 0.3) is 11.1 Å². The van der Waals surface area contributed by atoms with E-state index in [1.807, 2.05) is 0 Å². The van der Waals surface area contributed by atoms with Crippen LogP contribution in [-0.4, -0.2) is 12.0 Å². The Balaban J connectivity index is 2.68. The minimum absolute atomic E-state index is 0.00806. The average Bonchev–Trinajstić information content (AvgIpc) is 2.38. The van der Waals surface area contributed by atoms with E-state index >= 15 is 0 Å². The van der Waals surface area contributed by atoms with Gasteiger partial charge in [0.1, 0.15) is 5.75 Å². The molecule has 0 heterocycles. The predicted molar refractivity (Wildman–Crippen MR) is 69.5 cm³/mol. The maximum atomic E-state index is 11.0. The summed E-state index contributed by atoms with van der Waals surface area (Å²) in [5.41, 5.74) is 7.44. The van der Waals surface area contributed by atoms with Gasteiger partial charge in [0, 0.05) is 17.3 Å². The molecule has 0 unspecified atom stereocenters. The molecular weight excluding hydrogens is 232 g/mol. The van der Waals surface area contributed by atoms with Gasteiger partial charge < -0.3 is 10.5 Å². The molecule has 0 bridgehead atoms. The lowest BCUT2D eigenvalue weighted by molar-refractivity contribution is -0.384. The Bertz CT molecular complexity index is 597. The van der Waals surface area contributed by atoms with Crippen LogP contribution in [0.5, 0.6) is 5.75 Å². The Hall–Kier alpha value is -2.56. The van der Waals surface area contributed by atoms with Crippen LogP contribution < -0.4 is 10.5 Å². The number of nitrogens with two attached hydrogens (primary N) is 1. The Kier molecular flexibility index (Phi) is 3.14. The summed E-state index contributed by atoms with van der Waals surface area (Å²) in [5, 5.41) is 11.0. The second kappa shape index (κ2) is 4.75. The molecule has 92 valence electrons. The fourth-order valence-corrected chi connectivity index (χ4v) is 1.76. The molecule has 5 nitrogen and oxygen atoms in total. The zero-order chi connectivity index (χ0) is 13.1. The standard InChI is InChI=1S/C13H12N2O3/c1-18-9-6-7-13(15(16)17)11(8-9)10-4-2-3-5-12(10)14/h2-8H,14H2,1H3. The first-order valence-electron chi connectivity index (χ1n) is 5.31. The molecule has 2 N–H and O–H groups in total. The summed E-state index contributed by atoms with van der Waals surface area (Å²) in [6, 6.07) is 11.6. The van der Waals surface area contributed by atoms with Crippen LogP contribution in [-0.2, 0) is 0 Å². The maximum Gasteiger partial charge on any atom is 0.277 e. The van der Waals surface area contributed by atoms with Gasteiger partial charge in [-0.3, -0.25) is 10.1 Å². The van der Waals surface area contributed by atoms with Crippen LogP contribution in [0.2, 0.25) is 0 Å². The molecule has 18 heavy (non-hydrogen) atoms. The smallest absolute Gasteiger partial charge is 0.277 e. The molecule has 0 saturated heterocycles. The number of para-hydroxylation sites is 1.